The Morgan fingerprint density at radius 1 is 1.36 bits per heavy atom. The number of hydrazone groups is 1. The zero-order valence-electron chi connectivity index (χ0n) is 7.46. The van der Waals surface area contributed by atoms with E-state index in [-0.39, 0.29) is 0 Å². The molecule has 0 aromatic rings. The van der Waals surface area contributed by atoms with Crippen molar-refractivity contribution in [2.75, 3.05) is 14.1 Å². The Hall–Kier alpha value is -1.12. The summed E-state index contributed by atoms with van der Waals surface area (Å²) in [5, 5.41) is 5.78. The van der Waals surface area contributed by atoms with Gasteiger partial charge in [0, 0.05) is 14.1 Å². The van der Waals surface area contributed by atoms with E-state index in [1.165, 1.54) is 0 Å². The minimum atomic E-state index is 0.688. The van der Waals surface area contributed by atoms with Crippen LogP contribution in [0.1, 0.15) is 13.8 Å². The van der Waals surface area contributed by atoms with Crippen molar-refractivity contribution in [1.82, 2.24) is 5.01 Å². The number of nitrogens with zero attached hydrogens (tertiary/aromatic N) is 2. The Labute approximate surface area is 67.4 Å². The third-order valence-corrected chi connectivity index (χ3v) is 0.980. The number of hydrogen-bond donors (Lipinski definition) is 0. The molecule has 0 atom stereocenters. The molecule has 0 radical (unpaired) electrons. The first-order chi connectivity index (χ1) is 5.06. The molecule has 3 nitrogen and oxygen atoms in total. The zero-order chi connectivity index (χ0) is 8.85. The van der Waals surface area contributed by atoms with Crippen molar-refractivity contribution in [2.45, 2.75) is 13.8 Å². The lowest BCUT2D eigenvalue weighted by Crippen LogP contribution is -2.05. The highest BCUT2D eigenvalue weighted by Crippen LogP contribution is 1.90. The lowest BCUT2D eigenvalue weighted by molar-refractivity contribution is -0.104. The molecule has 0 unspecified atom stereocenters. The van der Waals surface area contributed by atoms with E-state index in [2.05, 4.69) is 5.10 Å². The van der Waals surface area contributed by atoms with Crippen molar-refractivity contribution < 1.29 is 4.79 Å². The SMILES string of the molecule is C/C(C=O)=C\C(C)=N\N(C)C. The van der Waals surface area contributed by atoms with E-state index in [0.29, 0.717) is 5.57 Å². The molecule has 0 bridgehead atoms. The molecule has 0 aromatic heterocycles. The maximum Gasteiger partial charge on any atom is 0.145 e. The quantitative estimate of drug-likeness (QED) is 0.263. The molecule has 62 valence electrons. The Bertz CT molecular complexity index is 192. The summed E-state index contributed by atoms with van der Waals surface area (Å²) in [5.41, 5.74) is 1.52. The number of carbonyl (C=O) groups excluding carboxylic acids is 1. The van der Waals surface area contributed by atoms with Gasteiger partial charge in [-0.15, -0.1) is 0 Å². The molecule has 0 aliphatic rings. The minimum Gasteiger partial charge on any atom is -0.303 e. The van der Waals surface area contributed by atoms with Gasteiger partial charge < -0.3 is 5.01 Å². The zero-order valence-corrected chi connectivity index (χ0v) is 7.46. The summed E-state index contributed by atoms with van der Waals surface area (Å²) in [5.74, 6) is 0. The van der Waals surface area contributed by atoms with Gasteiger partial charge in [0.15, 0.2) is 0 Å². The molecule has 0 aliphatic carbocycles. The van der Waals surface area contributed by atoms with Crippen LogP contribution in [0.3, 0.4) is 0 Å². The van der Waals surface area contributed by atoms with E-state index in [1.807, 2.05) is 21.0 Å². The van der Waals surface area contributed by atoms with E-state index in [9.17, 15) is 4.79 Å². The van der Waals surface area contributed by atoms with E-state index < -0.39 is 0 Å². The van der Waals surface area contributed by atoms with Crippen LogP contribution in [0.25, 0.3) is 0 Å². The van der Waals surface area contributed by atoms with Crippen LogP contribution in [-0.2, 0) is 4.79 Å². The molecule has 0 heterocycles. The van der Waals surface area contributed by atoms with E-state index in [1.54, 1.807) is 18.0 Å². The molecular weight excluding hydrogens is 140 g/mol. The van der Waals surface area contributed by atoms with Crippen molar-refractivity contribution in [3.63, 3.8) is 0 Å². The summed E-state index contributed by atoms with van der Waals surface area (Å²) in [6.07, 6.45) is 2.56. The minimum absolute atomic E-state index is 0.688. The van der Waals surface area contributed by atoms with Gasteiger partial charge in [-0.1, -0.05) is 0 Å². The Morgan fingerprint density at radius 2 is 1.91 bits per heavy atom. The number of rotatable bonds is 3. The summed E-state index contributed by atoms with van der Waals surface area (Å²) in [4.78, 5) is 10.2. The van der Waals surface area contributed by atoms with Crippen LogP contribution in [0.2, 0.25) is 0 Å². The molecule has 0 fully saturated rings. The second-order valence-corrected chi connectivity index (χ2v) is 2.59. The first kappa shape index (κ1) is 9.88. The Morgan fingerprint density at radius 3 is 2.27 bits per heavy atom. The molecule has 0 N–H and O–H groups in total. The van der Waals surface area contributed by atoms with Gasteiger partial charge in [-0.05, 0) is 25.5 Å². The summed E-state index contributed by atoms with van der Waals surface area (Å²) >= 11 is 0. The van der Waals surface area contributed by atoms with E-state index in [4.69, 9.17) is 0 Å². The summed E-state index contributed by atoms with van der Waals surface area (Å²) in [7, 11) is 3.68. The Kier molecular flexibility index (Phi) is 4.18. The van der Waals surface area contributed by atoms with Crippen LogP contribution in [-0.4, -0.2) is 31.1 Å². The average molecular weight is 154 g/mol. The van der Waals surface area contributed by atoms with Gasteiger partial charge in [-0.25, -0.2) is 0 Å². The third kappa shape index (κ3) is 5.33. The normalized spacial score (nSPS) is 13.1. The van der Waals surface area contributed by atoms with Crippen LogP contribution >= 0.6 is 0 Å². The number of carbonyl (C=O) groups is 1. The molecule has 0 saturated carbocycles. The maximum absolute atomic E-state index is 10.2. The van der Waals surface area contributed by atoms with Gasteiger partial charge >= 0.3 is 0 Å². The second-order valence-electron chi connectivity index (χ2n) is 2.59. The fraction of sp³-hybridized carbons (Fsp3) is 0.500. The number of hydrogen-bond acceptors (Lipinski definition) is 3. The highest BCUT2D eigenvalue weighted by Gasteiger charge is 1.88. The maximum atomic E-state index is 10.2. The smallest absolute Gasteiger partial charge is 0.145 e. The highest BCUT2D eigenvalue weighted by molar-refractivity contribution is 5.96. The molecule has 0 aliphatic heterocycles. The fourth-order valence-corrected chi connectivity index (χ4v) is 0.708. The lowest BCUT2D eigenvalue weighted by atomic mass is 10.2. The first-order valence-corrected chi connectivity index (χ1v) is 3.42. The second kappa shape index (κ2) is 4.66. The summed E-state index contributed by atoms with van der Waals surface area (Å²) < 4.78 is 0. The van der Waals surface area contributed by atoms with Crippen molar-refractivity contribution in [3.05, 3.63) is 11.6 Å². The van der Waals surface area contributed by atoms with Gasteiger partial charge in [-0.3, -0.25) is 4.79 Å². The molecule has 3 heteroatoms. The van der Waals surface area contributed by atoms with E-state index >= 15 is 0 Å². The lowest BCUT2D eigenvalue weighted by Gasteiger charge is -2.03. The summed E-state index contributed by atoms with van der Waals surface area (Å²) in [6.45, 7) is 3.61. The van der Waals surface area contributed by atoms with Crippen LogP contribution < -0.4 is 0 Å². The predicted octanol–water partition coefficient (Wildman–Crippen LogP) is 1.07. The highest BCUT2D eigenvalue weighted by atomic mass is 16.1. The van der Waals surface area contributed by atoms with Crippen molar-refractivity contribution in [1.29, 1.82) is 0 Å². The van der Waals surface area contributed by atoms with Crippen molar-refractivity contribution in [2.24, 2.45) is 5.10 Å². The third-order valence-electron chi connectivity index (χ3n) is 0.980. The van der Waals surface area contributed by atoms with E-state index in [0.717, 1.165) is 12.0 Å². The standard InChI is InChI=1S/C8H14N2O/c1-7(6-11)5-8(2)9-10(3)4/h5-6H,1-4H3/b7-5+,9-8+. The van der Waals surface area contributed by atoms with Gasteiger partial charge in [0.05, 0.1) is 5.71 Å². The number of aldehydes is 1. The average Bonchev–Trinajstić information content (AvgIpc) is 1.85. The molecule has 0 rings (SSSR count). The number of allylic oxidation sites excluding steroid dienone is 2. The first-order valence-electron chi connectivity index (χ1n) is 3.42. The van der Waals surface area contributed by atoms with Crippen LogP contribution in [0.5, 0.6) is 0 Å². The Balaban J connectivity index is 4.26. The monoisotopic (exact) mass is 154 g/mol. The molecule has 0 amide bonds. The molecule has 0 spiro atoms. The molecule has 0 aromatic carbocycles. The van der Waals surface area contributed by atoms with Crippen molar-refractivity contribution >= 4 is 12.0 Å². The van der Waals surface area contributed by atoms with Crippen LogP contribution in [0.15, 0.2) is 16.8 Å². The molecular formula is C8H14N2O. The summed E-state index contributed by atoms with van der Waals surface area (Å²) in [6, 6.07) is 0. The molecule has 0 saturated heterocycles. The largest absolute Gasteiger partial charge is 0.303 e. The fourth-order valence-electron chi connectivity index (χ4n) is 0.708. The van der Waals surface area contributed by atoms with Gasteiger partial charge in [0.1, 0.15) is 6.29 Å². The predicted molar refractivity (Wildman–Crippen MR) is 46.6 cm³/mol. The van der Waals surface area contributed by atoms with Crippen molar-refractivity contribution in [3.8, 4) is 0 Å². The van der Waals surface area contributed by atoms with Gasteiger partial charge in [0.25, 0.3) is 0 Å². The van der Waals surface area contributed by atoms with Crippen LogP contribution in [0.4, 0.5) is 0 Å². The van der Waals surface area contributed by atoms with Gasteiger partial charge in [0.2, 0.25) is 0 Å². The van der Waals surface area contributed by atoms with Crippen LogP contribution in [0, 0.1) is 0 Å². The molecule has 11 heavy (non-hydrogen) atoms. The topological polar surface area (TPSA) is 32.7 Å². The van der Waals surface area contributed by atoms with Gasteiger partial charge in [-0.2, -0.15) is 5.10 Å².